The second-order valence-corrected chi connectivity index (χ2v) is 8.03. The largest absolute Gasteiger partial charge is 0.334 e. The summed E-state index contributed by atoms with van der Waals surface area (Å²) in [7, 11) is 2.20. The molecule has 28 heavy (non-hydrogen) atoms. The highest BCUT2D eigenvalue weighted by Gasteiger charge is 2.31. The summed E-state index contributed by atoms with van der Waals surface area (Å²) in [6.07, 6.45) is 13.0. The van der Waals surface area contributed by atoms with Gasteiger partial charge in [-0.3, -0.25) is 9.88 Å². The summed E-state index contributed by atoms with van der Waals surface area (Å²) in [6, 6.07) is 4.40. The molecule has 146 valence electrons. The van der Waals surface area contributed by atoms with E-state index >= 15 is 0 Å². The van der Waals surface area contributed by atoms with Gasteiger partial charge in [0.2, 0.25) is 0 Å². The van der Waals surface area contributed by atoms with Crippen molar-refractivity contribution in [1.82, 2.24) is 34.4 Å². The molecule has 0 bridgehead atoms. The Hall–Kier alpha value is -2.54. The minimum absolute atomic E-state index is 0.388. The van der Waals surface area contributed by atoms with E-state index in [1.165, 1.54) is 49.3 Å². The second-order valence-electron chi connectivity index (χ2n) is 8.03. The van der Waals surface area contributed by atoms with Gasteiger partial charge in [0.15, 0.2) is 0 Å². The molecule has 0 radical (unpaired) electrons. The van der Waals surface area contributed by atoms with Gasteiger partial charge in [0.25, 0.3) is 0 Å². The minimum atomic E-state index is 0.388. The maximum Gasteiger partial charge on any atom is 0.126 e. The van der Waals surface area contributed by atoms with Crippen molar-refractivity contribution in [3.8, 4) is 0 Å². The van der Waals surface area contributed by atoms with Crippen molar-refractivity contribution in [2.24, 2.45) is 7.05 Å². The summed E-state index contributed by atoms with van der Waals surface area (Å²) in [5.41, 5.74) is 4.94. The zero-order chi connectivity index (χ0) is 18.9. The third-order valence-corrected chi connectivity index (χ3v) is 6.09. The van der Waals surface area contributed by atoms with Crippen LogP contribution in [0.4, 0.5) is 0 Å². The number of pyridine rings is 1. The van der Waals surface area contributed by atoms with Gasteiger partial charge >= 0.3 is 0 Å². The van der Waals surface area contributed by atoms with Gasteiger partial charge in [-0.1, -0.05) is 11.3 Å². The van der Waals surface area contributed by atoms with Crippen molar-refractivity contribution in [2.45, 2.75) is 57.7 Å². The molecule has 5 rings (SSSR count). The van der Waals surface area contributed by atoms with Crippen LogP contribution in [-0.2, 0) is 33.0 Å². The Morgan fingerprint density at radius 1 is 1.14 bits per heavy atom. The average Bonchev–Trinajstić information content (AvgIpc) is 3.43. The zero-order valence-electron chi connectivity index (χ0n) is 16.5. The van der Waals surface area contributed by atoms with Crippen LogP contribution in [0, 0.1) is 0 Å². The molecule has 1 aliphatic carbocycles. The van der Waals surface area contributed by atoms with Crippen molar-refractivity contribution < 1.29 is 0 Å². The highest BCUT2D eigenvalue weighted by molar-refractivity contribution is 5.22. The SMILES string of the molecule is Cn1c(C2CCCN2Cc2cn(Cc3cccnc3)nn2)nc2c1CCCC2. The number of fused-ring (bicyclic) bond motifs is 1. The average molecular weight is 377 g/mol. The first kappa shape index (κ1) is 17.6. The predicted molar refractivity (Wildman–Crippen MR) is 106 cm³/mol. The number of hydrogen-bond acceptors (Lipinski definition) is 5. The monoisotopic (exact) mass is 377 g/mol. The fraction of sp³-hybridized carbons (Fsp3) is 0.524. The number of likely N-dealkylation sites (tertiary alicyclic amines) is 1. The molecule has 2 aliphatic rings. The summed E-state index contributed by atoms with van der Waals surface area (Å²) < 4.78 is 4.27. The second kappa shape index (κ2) is 7.47. The molecule has 1 unspecified atom stereocenters. The molecule has 0 aromatic carbocycles. The lowest BCUT2D eigenvalue weighted by atomic mass is 10.0. The Labute approximate surface area is 165 Å². The van der Waals surface area contributed by atoms with E-state index in [0.717, 1.165) is 30.8 Å². The number of imidazole rings is 1. The predicted octanol–water partition coefficient (Wildman–Crippen LogP) is 2.67. The summed E-state index contributed by atoms with van der Waals surface area (Å²) in [4.78, 5) is 11.7. The van der Waals surface area contributed by atoms with Crippen molar-refractivity contribution in [2.75, 3.05) is 6.54 Å². The Morgan fingerprint density at radius 2 is 2.07 bits per heavy atom. The Balaban J connectivity index is 1.31. The van der Waals surface area contributed by atoms with Gasteiger partial charge in [0.1, 0.15) is 5.82 Å². The third-order valence-electron chi connectivity index (χ3n) is 6.09. The van der Waals surface area contributed by atoms with E-state index in [9.17, 15) is 0 Å². The molecule has 7 heteroatoms. The number of aryl methyl sites for hydroxylation is 1. The van der Waals surface area contributed by atoms with E-state index < -0.39 is 0 Å². The van der Waals surface area contributed by atoms with E-state index in [1.54, 1.807) is 6.20 Å². The normalized spacial score (nSPS) is 19.8. The number of rotatable bonds is 5. The van der Waals surface area contributed by atoms with Crippen molar-refractivity contribution in [3.05, 3.63) is 59.2 Å². The van der Waals surface area contributed by atoms with Gasteiger partial charge in [0, 0.05) is 31.7 Å². The topological polar surface area (TPSA) is 64.7 Å². The van der Waals surface area contributed by atoms with Crippen LogP contribution in [-0.4, -0.2) is 41.0 Å². The fourth-order valence-electron chi connectivity index (χ4n) is 4.69. The molecule has 3 aromatic rings. The molecule has 1 atom stereocenters. The maximum atomic E-state index is 5.06. The molecule has 4 heterocycles. The summed E-state index contributed by atoms with van der Waals surface area (Å²) in [5, 5.41) is 8.73. The number of aromatic nitrogens is 6. The minimum Gasteiger partial charge on any atom is -0.334 e. The first-order valence-corrected chi connectivity index (χ1v) is 10.3. The van der Waals surface area contributed by atoms with Gasteiger partial charge in [0.05, 0.1) is 30.2 Å². The van der Waals surface area contributed by atoms with Crippen LogP contribution in [0.3, 0.4) is 0 Å². The van der Waals surface area contributed by atoms with Gasteiger partial charge in [-0.05, 0) is 56.7 Å². The van der Waals surface area contributed by atoms with Gasteiger partial charge in [-0.2, -0.15) is 0 Å². The molecule has 3 aromatic heterocycles. The Bertz CT molecular complexity index is 943. The van der Waals surface area contributed by atoms with Crippen LogP contribution in [0.1, 0.15) is 60.2 Å². The fourth-order valence-corrected chi connectivity index (χ4v) is 4.69. The van der Waals surface area contributed by atoms with Crippen LogP contribution < -0.4 is 0 Å². The summed E-state index contributed by atoms with van der Waals surface area (Å²) in [6.45, 7) is 2.63. The molecule has 0 spiro atoms. The highest BCUT2D eigenvalue weighted by Crippen LogP contribution is 2.34. The maximum absolute atomic E-state index is 5.06. The van der Waals surface area contributed by atoms with Crippen LogP contribution in [0.5, 0.6) is 0 Å². The first-order chi connectivity index (χ1) is 13.8. The molecule has 7 nitrogen and oxygen atoms in total. The molecular weight excluding hydrogens is 350 g/mol. The lowest BCUT2D eigenvalue weighted by molar-refractivity contribution is 0.233. The van der Waals surface area contributed by atoms with E-state index in [-0.39, 0.29) is 0 Å². The number of hydrogen-bond donors (Lipinski definition) is 0. The smallest absolute Gasteiger partial charge is 0.126 e. The van der Waals surface area contributed by atoms with E-state index in [1.807, 2.05) is 16.9 Å². The van der Waals surface area contributed by atoms with Crippen LogP contribution in [0.15, 0.2) is 30.7 Å². The molecular formula is C21H27N7. The molecule has 0 saturated carbocycles. The quantitative estimate of drug-likeness (QED) is 0.684. The number of nitrogens with zero attached hydrogens (tertiary/aromatic N) is 7. The van der Waals surface area contributed by atoms with Crippen molar-refractivity contribution in [3.63, 3.8) is 0 Å². The lowest BCUT2D eigenvalue weighted by Gasteiger charge is -2.23. The highest BCUT2D eigenvalue weighted by atomic mass is 15.4. The standard InChI is InChI=1S/C21H27N7/c1-26-19-8-3-2-7-18(19)23-21(26)20-9-5-11-27(20)14-17-15-28(25-24-17)13-16-6-4-10-22-12-16/h4,6,10,12,15,20H,2-3,5,7-9,11,13-14H2,1H3. The molecule has 1 aliphatic heterocycles. The van der Waals surface area contributed by atoms with Gasteiger partial charge < -0.3 is 4.57 Å². The van der Waals surface area contributed by atoms with Crippen molar-refractivity contribution >= 4 is 0 Å². The van der Waals surface area contributed by atoms with Crippen molar-refractivity contribution in [1.29, 1.82) is 0 Å². The van der Waals surface area contributed by atoms with Gasteiger partial charge in [-0.15, -0.1) is 5.10 Å². The molecule has 1 fully saturated rings. The summed E-state index contributed by atoms with van der Waals surface area (Å²) >= 11 is 0. The van der Waals surface area contributed by atoms with Crippen LogP contribution >= 0.6 is 0 Å². The Morgan fingerprint density at radius 3 is 2.93 bits per heavy atom. The molecule has 1 saturated heterocycles. The van der Waals surface area contributed by atoms with E-state index in [2.05, 4.69) is 44.1 Å². The Kier molecular flexibility index (Phi) is 4.68. The van der Waals surface area contributed by atoms with E-state index in [4.69, 9.17) is 4.98 Å². The third kappa shape index (κ3) is 3.35. The first-order valence-electron chi connectivity index (χ1n) is 10.3. The van der Waals surface area contributed by atoms with Crippen LogP contribution in [0.2, 0.25) is 0 Å². The molecule has 0 N–H and O–H groups in total. The van der Waals surface area contributed by atoms with Crippen LogP contribution in [0.25, 0.3) is 0 Å². The zero-order valence-corrected chi connectivity index (χ0v) is 16.5. The lowest BCUT2D eigenvalue weighted by Crippen LogP contribution is -2.25. The molecule has 0 amide bonds. The van der Waals surface area contributed by atoms with E-state index in [0.29, 0.717) is 12.6 Å². The van der Waals surface area contributed by atoms with Gasteiger partial charge in [-0.25, -0.2) is 9.67 Å². The summed E-state index contributed by atoms with van der Waals surface area (Å²) in [5.74, 6) is 1.24.